The van der Waals surface area contributed by atoms with E-state index in [9.17, 15) is 22.8 Å². The lowest BCUT2D eigenvalue weighted by Gasteiger charge is -2.39. The highest BCUT2D eigenvalue weighted by molar-refractivity contribution is 6.05. The molecule has 4 rings (SSSR count). The lowest BCUT2D eigenvalue weighted by Crippen LogP contribution is -2.53. The van der Waals surface area contributed by atoms with Crippen LogP contribution >= 0.6 is 0 Å². The van der Waals surface area contributed by atoms with E-state index in [1.165, 1.54) is 22.0 Å². The standard InChI is InChI=1S/C21H21F3N6O3/c1-21(2,3)13-8-17-29(10-15(31)26-14-6-4-11(22)9-25-14)18-12(19(32)30(17)28-13)5-7-16(27-18)33-20(23)24/h4-7,9,17,20H,8,10H2,1-3H3,(H,25,26,31). The molecule has 2 aromatic rings. The molecule has 0 aromatic carbocycles. The fourth-order valence-electron chi connectivity index (χ4n) is 3.58. The summed E-state index contributed by atoms with van der Waals surface area (Å²) in [5, 5.41) is 8.31. The summed E-state index contributed by atoms with van der Waals surface area (Å²) in [4.78, 5) is 35.2. The number of amides is 2. The molecule has 0 radical (unpaired) electrons. The van der Waals surface area contributed by atoms with E-state index in [0.717, 1.165) is 24.0 Å². The number of nitrogens with zero attached hydrogens (tertiary/aromatic N) is 5. The number of halogens is 3. The largest absolute Gasteiger partial charge is 0.417 e. The van der Waals surface area contributed by atoms with Gasteiger partial charge in [-0.2, -0.15) is 18.9 Å². The van der Waals surface area contributed by atoms with Gasteiger partial charge in [0, 0.05) is 23.6 Å². The molecule has 12 heteroatoms. The predicted molar refractivity (Wildman–Crippen MR) is 113 cm³/mol. The molecular formula is C21H21F3N6O3. The van der Waals surface area contributed by atoms with Crippen LogP contribution in [-0.4, -0.2) is 51.8 Å². The highest BCUT2D eigenvalue weighted by Crippen LogP contribution is 2.38. The second-order valence-electron chi connectivity index (χ2n) is 8.57. The molecular weight excluding hydrogens is 441 g/mol. The van der Waals surface area contributed by atoms with Crippen LogP contribution in [0.5, 0.6) is 5.88 Å². The van der Waals surface area contributed by atoms with Crippen molar-refractivity contribution in [2.45, 2.75) is 40.0 Å². The number of fused-ring (bicyclic) bond motifs is 2. The third kappa shape index (κ3) is 4.59. The zero-order valence-electron chi connectivity index (χ0n) is 18.1. The fraction of sp³-hybridized carbons (Fsp3) is 0.381. The van der Waals surface area contributed by atoms with E-state index in [0.29, 0.717) is 6.42 Å². The van der Waals surface area contributed by atoms with Crippen LogP contribution in [0.4, 0.5) is 24.8 Å². The number of hydrogen-bond acceptors (Lipinski definition) is 7. The van der Waals surface area contributed by atoms with Crippen molar-refractivity contribution < 1.29 is 27.5 Å². The molecule has 0 saturated carbocycles. The zero-order chi connectivity index (χ0) is 23.9. The molecule has 0 fully saturated rings. The van der Waals surface area contributed by atoms with Crippen molar-refractivity contribution >= 4 is 29.2 Å². The van der Waals surface area contributed by atoms with Crippen LogP contribution in [0, 0.1) is 11.2 Å². The van der Waals surface area contributed by atoms with Gasteiger partial charge in [0.2, 0.25) is 11.8 Å². The molecule has 2 amide bonds. The third-order valence-electron chi connectivity index (χ3n) is 5.19. The van der Waals surface area contributed by atoms with E-state index in [1.54, 1.807) is 0 Å². The van der Waals surface area contributed by atoms with Gasteiger partial charge in [0.1, 0.15) is 30.2 Å². The summed E-state index contributed by atoms with van der Waals surface area (Å²) in [6, 6.07) is 4.93. The average molecular weight is 462 g/mol. The Hall–Kier alpha value is -3.70. The van der Waals surface area contributed by atoms with Gasteiger partial charge in [-0.1, -0.05) is 20.8 Å². The smallest absolute Gasteiger partial charge is 0.388 e. The van der Waals surface area contributed by atoms with Crippen LogP contribution in [0.2, 0.25) is 0 Å². The molecule has 4 heterocycles. The predicted octanol–water partition coefficient (Wildman–Crippen LogP) is 3.25. The molecule has 0 saturated heterocycles. The minimum Gasteiger partial charge on any atom is -0.417 e. The quantitative estimate of drug-likeness (QED) is 0.732. The third-order valence-corrected chi connectivity index (χ3v) is 5.19. The molecule has 0 bridgehead atoms. The van der Waals surface area contributed by atoms with Crippen LogP contribution in [0.15, 0.2) is 35.6 Å². The number of ether oxygens (including phenoxy) is 1. The highest BCUT2D eigenvalue weighted by Gasteiger charge is 2.45. The van der Waals surface area contributed by atoms with Crippen LogP contribution in [0.1, 0.15) is 37.6 Å². The number of aromatic nitrogens is 2. The number of anilines is 2. The van der Waals surface area contributed by atoms with E-state index < -0.39 is 30.4 Å². The Morgan fingerprint density at radius 3 is 2.67 bits per heavy atom. The summed E-state index contributed by atoms with van der Waals surface area (Å²) in [5.41, 5.74) is 0.496. The first-order valence-electron chi connectivity index (χ1n) is 10.1. The lowest BCUT2D eigenvalue weighted by atomic mass is 9.87. The van der Waals surface area contributed by atoms with Crippen molar-refractivity contribution in [3.63, 3.8) is 0 Å². The maximum absolute atomic E-state index is 13.1. The van der Waals surface area contributed by atoms with Gasteiger partial charge in [-0.05, 0) is 18.2 Å². The van der Waals surface area contributed by atoms with Crippen LogP contribution in [-0.2, 0) is 4.79 Å². The number of hydrogen-bond donors (Lipinski definition) is 1. The van der Waals surface area contributed by atoms with E-state index in [-0.39, 0.29) is 35.0 Å². The van der Waals surface area contributed by atoms with Gasteiger partial charge in [0.25, 0.3) is 5.91 Å². The molecule has 174 valence electrons. The molecule has 9 nitrogen and oxygen atoms in total. The number of alkyl halides is 2. The monoisotopic (exact) mass is 462 g/mol. The molecule has 1 unspecified atom stereocenters. The first-order valence-corrected chi connectivity index (χ1v) is 10.1. The van der Waals surface area contributed by atoms with Crippen molar-refractivity contribution in [3.05, 3.63) is 41.8 Å². The molecule has 0 aliphatic carbocycles. The van der Waals surface area contributed by atoms with Gasteiger partial charge in [-0.25, -0.2) is 14.4 Å². The molecule has 2 aliphatic heterocycles. The van der Waals surface area contributed by atoms with Crippen molar-refractivity contribution in [1.82, 2.24) is 15.0 Å². The number of carbonyl (C=O) groups is 2. The maximum atomic E-state index is 13.1. The van der Waals surface area contributed by atoms with Gasteiger partial charge >= 0.3 is 6.61 Å². The second-order valence-corrected chi connectivity index (χ2v) is 8.57. The summed E-state index contributed by atoms with van der Waals surface area (Å²) in [6.07, 6.45) is 0.612. The topological polar surface area (TPSA) is 100 Å². The van der Waals surface area contributed by atoms with Crippen molar-refractivity contribution in [2.75, 3.05) is 16.8 Å². The number of nitrogens with one attached hydrogen (secondary N) is 1. The fourth-order valence-corrected chi connectivity index (χ4v) is 3.58. The minimum absolute atomic E-state index is 0.0342. The Morgan fingerprint density at radius 1 is 1.27 bits per heavy atom. The molecule has 1 atom stereocenters. The zero-order valence-corrected chi connectivity index (χ0v) is 18.1. The Bertz CT molecular complexity index is 1120. The van der Waals surface area contributed by atoms with Gasteiger partial charge in [-0.15, -0.1) is 0 Å². The van der Waals surface area contributed by atoms with Gasteiger partial charge in [0.15, 0.2) is 0 Å². The van der Waals surface area contributed by atoms with E-state index in [2.05, 4.69) is 25.1 Å². The van der Waals surface area contributed by atoms with Crippen molar-refractivity contribution in [3.8, 4) is 5.88 Å². The number of hydrazone groups is 1. The summed E-state index contributed by atoms with van der Waals surface area (Å²) in [5.74, 6) is -1.76. The van der Waals surface area contributed by atoms with Gasteiger partial charge in [-0.3, -0.25) is 9.59 Å². The Balaban J connectivity index is 1.67. The first-order chi connectivity index (χ1) is 15.5. The number of carbonyl (C=O) groups excluding carboxylic acids is 2. The van der Waals surface area contributed by atoms with E-state index >= 15 is 0 Å². The van der Waals surface area contributed by atoms with E-state index in [4.69, 9.17) is 0 Å². The van der Waals surface area contributed by atoms with Gasteiger partial charge < -0.3 is 15.0 Å². The number of pyridine rings is 2. The van der Waals surface area contributed by atoms with Crippen molar-refractivity contribution in [2.24, 2.45) is 10.5 Å². The lowest BCUT2D eigenvalue weighted by molar-refractivity contribution is -0.115. The molecule has 33 heavy (non-hydrogen) atoms. The molecule has 0 spiro atoms. The Labute approximate surface area is 187 Å². The summed E-state index contributed by atoms with van der Waals surface area (Å²) in [6.45, 7) is 2.46. The summed E-state index contributed by atoms with van der Waals surface area (Å²) in [7, 11) is 0. The van der Waals surface area contributed by atoms with Crippen LogP contribution < -0.4 is 15.0 Å². The maximum Gasteiger partial charge on any atom is 0.388 e. The molecule has 2 aromatic heterocycles. The summed E-state index contributed by atoms with van der Waals surface area (Å²) >= 11 is 0. The SMILES string of the molecule is CC(C)(C)C1=NN2C(=O)c3ccc(OC(F)F)nc3N(CC(=O)Nc3ccc(F)cn3)C2C1. The highest BCUT2D eigenvalue weighted by atomic mass is 19.3. The van der Waals surface area contributed by atoms with Crippen LogP contribution in [0.25, 0.3) is 0 Å². The number of rotatable bonds is 5. The minimum atomic E-state index is -3.10. The second kappa shape index (κ2) is 8.34. The molecule has 2 aliphatic rings. The average Bonchev–Trinajstić information content (AvgIpc) is 3.19. The van der Waals surface area contributed by atoms with Gasteiger partial charge in [0.05, 0.1) is 11.8 Å². The first kappa shape index (κ1) is 22.5. The normalized spacial score (nSPS) is 17.6. The van der Waals surface area contributed by atoms with E-state index in [1.807, 2.05) is 20.8 Å². The summed E-state index contributed by atoms with van der Waals surface area (Å²) < 4.78 is 43.0. The van der Waals surface area contributed by atoms with Crippen LogP contribution in [0.3, 0.4) is 0 Å². The Kier molecular flexibility index (Phi) is 5.68. The van der Waals surface area contributed by atoms with Crippen molar-refractivity contribution in [1.29, 1.82) is 0 Å². The Morgan fingerprint density at radius 2 is 2.03 bits per heavy atom. The molecule has 1 N–H and O–H groups in total.